The quantitative estimate of drug-likeness (QED) is 0.591. The molecule has 0 amide bonds. The van der Waals surface area contributed by atoms with Crippen LogP contribution in [0.5, 0.6) is 0 Å². The van der Waals surface area contributed by atoms with Crippen LogP contribution in [0.3, 0.4) is 0 Å². The second-order valence-corrected chi connectivity index (χ2v) is 5.56. The lowest BCUT2D eigenvalue weighted by molar-refractivity contribution is -0.152. The predicted molar refractivity (Wildman–Crippen MR) is 76.9 cm³/mol. The third-order valence-corrected chi connectivity index (χ3v) is 4.33. The summed E-state index contributed by atoms with van der Waals surface area (Å²) < 4.78 is 9.36. The van der Waals surface area contributed by atoms with Gasteiger partial charge in [-0.2, -0.15) is 0 Å². The Balaban J connectivity index is 2.12. The van der Waals surface area contributed by atoms with E-state index in [1.807, 2.05) is 0 Å². The third kappa shape index (κ3) is 1.75. The number of hydrogen-bond donors (Lipinski definition) is 0. The van der Waals surface area contributed by atoms with Crippen molar-refractivity contribution in [1.82, 2.24) is 0 Å². The van der Waals surface area contributed by atoms with Crippen molar-refractivity contribution < 1.29 is 28.7 Å². The minimum atomic E-state index is -0.777. The Bertz CT molecular complexity index is 940. The van der Waals surface area contributed by atoms with Crippen LogP contribution < -0.4 is 0 Å². The number of cyclic esters (lactones) is 4. The number of esters is 4. The zero-order valence-electron chi connectivity index (χ0n) is 12.0. The first-order valence-corrected chi connectivity index (χ1v) is 7.05. The van der Waals surface area contributed by atoms with Crippen molar-refractivity contribution in [2.24, 2.45) is 0 Å². The summed E-state index contributed by atoms with van der Waals surface area (Å²) in [6.07, 6.45) is -0.0779. The normalized spacial score (nSPS) is 20.0. The lowest BCUT2D eigenvalue weighted by Crippen LogP contribution is -2.11. The van der Waals surface area contributed by atoms with Gasteiger partial charge in [0.2, 0.25) is 0 Å². The summed E-state index contributed by atoms with van der Waals surface area (Å²) in [5.74, 6) is -3.43. The van der Waals surface area contributed by atoms with Crippen LogP contribution in [0.1, 0.15) is 44.2 Å². The predicted octanol–water partition coefficient (Wildman–Crippen LogP) is 2.02. The van der Waals surface area contributed by atoms with Gasteiger partial charge >= 0.3 is 23.9 Å². The average molecular weight is 310 g/mol. The van der Waals surface area contributed by atoms with Gasteiger partial charge in [-0.1, -0.05) is 24.3 Å². The van der Waals surface area contributed by atoms with Gasteiger partial charge in [0.15, 0.2) is 0 Å². The van der Waals surface area contributed by atoms with Crippen LogP contribution in [-0.4, -0.2) is 23.9 Å². The lowest BCUT2D eigenvalue weighted by Gasteiger charge is -2.16. The van der Waals surface area contributed by atoms with Crippen LogP contribution in [0.2, 0.25) is 0 Å². The molecule has 6 heteroatoms. The molecule has 0 radical (unpaired) electrons. The highest BCUT2D eigenvalue weighted by Crippen LogP contribution is 2.41. The molecule has 2 aliphatic rings. The van der Waals surface area contributed by atoms with E-state index < -0.39 is 29.8 Å². The SMILES string of the molecule is Cc1c2c(c3ccccc3c1C1CC(=O)OC1=O)C(=O)OC2=O. The van der Waals surface area contributed by atoms with E-state index in [2.05, 4.69) is 4.74 Å². The Morgan fingerprint density at radius 2 is 1.57 bits per heavy atom. The number of benzene rings is 2. The molecule has 0 saturated carbocycles. The van der Waals surface area contributed by atoms with E-state index in [0.29, 0.717) is 21.9 Å². The summed E-state index contributed by atoms with van der Waals surface area (Å²) in [7, 11) is 0. The lowest BCUT2D eigenvalue weighted by atomic mass is 9.84. The van der Waals surface area contributed by atoms with Gasteiger partial charge in [0.05, 0.1) is 23.5 Å². The molecule has 2 aliphatic heterocycles. The number of rotatable bonds is 1. The fourth-order valence-electron chi connectivity index (χ4n) is 3.39. The molecular weight excluding hydrogens is 300 g/mol. The summed E-state index contributed by atoms with van der Waals surface area (Å²) in [6.45, 7) is 1.65. The van der Waals surface area contributed by atoms with Gasteiger partial charge < -0.3 is 9.47 Å². The minimum Gasteiger partial charge on any atom is -0.393 e. The van der Waals surface area contributed by atoms with Crippen LogP contribution in [0, 0.1) is 6.92 Å². The Kier molecular flexibility index (Phi) is 2.66. The summed E-state index contributed by atoms with van der Waals surface area (Å²) in [5.41, 5.74) is 1.40. The molecule has 2 aromatic rings. The Morgan fingerprint density at radius 1 is 0.913 bits per heavy atom. The van der Waals surface area contributed by atoms with Gasteiger partial charge in [-0.25, -0.2) is 9.59 Å². The molecule has 0 aliphatic carbocycles. The molecular formula is C17H10O6. The molecule has 1 atom stereocenters. The smallest absolute Gasteiger partial charge is 0.347 e. The van der Waals surface area contributed by atoms with E-state index in [-0.39, 0.29) is 17.5 Å². The molecule has 6 nitrogen and oxygen atoms in total. The average Bonchev–Trinajstić information content (AvgIpc) is 2.99. The highest BCUT2D eigenvalue weighted by atomic mass is 16.6. The van der Waals surface area contributed by atoms with E-state index in [1.165, 1.54) is 0 Å². The van der Waals surface area contributed by atoms with Crippen LogP contribution in [-0.2, 0) is 19.1 Å². The zero-order valence-corrected chi connectivity index (χ0v) is 12.0. The van der Waals surface area contributed by atoms with Crippen molar-refractivity contribution in [3.8, 4) is 0 Å². The highest BCUT2D eigenvalue weighted by Gasteiger charge is 2.41. The Morgan fingerprint density at radius 3 is 2.22 bits per heavy atom. The van der Waals surface area contributed by atoms with Crippen LogP contribution in [0.4, 0.5) is 0 Å². The topological polar surface area (TPSA) is 86.7 Å². The molecule has 0 spiro atoms. The largest absolute Gasteiger partial charge is 0.393 e. The monoisotopic (exact) mass is 310 g/mol. The summed E-state index contributed by atoms with van der Waals surface area (Å²) >= 11 is 0. The Hall–Kier alpha value is -3.02. The van der Waals surface area contributed by atoms with Gasteiger partial charge in [0.25, 0.3) is 0 Å². The second kappa shape index (κ2) is 4.49. The highest BCUT2D eigenvalue weighted by molar-refractivity contribution is 6.23. The summed E-state index contributed by atoms with van der Waals surface area (Å²) in [4.78, 5) is 47.5. The van der Waals surface area contributed by atoms with Crippen LogP contribution in [0.15, 0.2) is 24.3 Å². The van der Waals surface area contributed by atoms with Gasteiger partial charge in [-0.05, 0) is 28.8 Å². The second-order valence-electron chi connectivity index (χ2n) is 5.56. The Labute approximate surface area is 130 Å². The van der Waals surface area contributed by atoms with Gasteiger partial charge in [0, 0.05) is 0 Å². The molecule has 4 rings (SSSR count). The number of carbonyl (C=O) groups excluding carboxylic acids is 4. The van der Waals surface area contributed by atoms with E-state index in [0.717, 1.165) is 0 Å². The molecule has 23 heavy (non-hydrogen) atoms. The van der Waals surface area contributed by atoms with E-state index in [9.17, 15) is 19.2 Å². The maximum atomic E-state index is 12.0. The molecule has 0 bridgehead atoms. The van der Waals surface area contributed by atoms with E-state index in [4.69, 9.17) is 4.74 Å². The molecule has 1 fully saturated rings. The molecule has 2 heterocycles. The summed E-state index contributed by atoms with van der Waals surface area (Å²) in [5, 5.41) is 1.18. The summed E-state index contributed by atoms with van der Waals surface area (Å²) in [6, 6.07) is 6.95. The van der Waals surface area contributed by atoms with Gasteiger partial charge in [-0.3, -0.25) is 9.59 Å². The van der Waals surface area contributed by atoms with Crippen molar-refractivity contribution in [2.75, 3.05) is 0 Å². The van der Waals surface area contributed by atoms with Crippen molar-refractivity contribution in [3.05, 3.63) is 46.5 Å². The standard InChI is InChI=1S/C17H10O6/c1-7-12(10-6-11(18)22-15(10)19)8-4-2-3-5-9(8)14-13(7)16(20)23-17(14)21/h2-5,10H,6H2,1H3. The first kappa shape index (κ1) is 13.6. The number of fused-ring (bicyclic) bond motifs is 3. The maximum Gasteiger partial charge on any atom is 0.347 e. The number of ether oxygens (including phenoxy) is 2. The molecule has 1 saturated heterocycles. The van der Waals surface area contributed by atoms with Crippen LogP contribution in [0.25, 0.3) is 10.8 Å². The van der Waals surface area contributed by atoms with E-state index >= 15 is 0 Å². The van der Waals surface area contributed by atoms with Crippen molar-refractivity contribution in [2.45, 2.75) is 19.3 Å². The van der Waals surface area contributed by atoms with E-state index in [1.54, 1.807) is 31.2 Å². The fourth-order valence-corrected chi connectivity index (χ4v) is 3.39. The minimum absolute atomic E-state index is 0.0779. The third-order valence-electron chi connectivity index (χ3n) is 4.33. The molecule has 1 unspecified atom stereocenters. The van der Waals surface area contributed by atoms with Gasteiger partial charge in [0.1, 0.15) is 0 Å². The molecule has 0 N–H and O–H groups in total. The van der Waals surface area contributed by atoms with Crippen LogP contribution >= 0.6 is 0 Å². The maximum absolute atomic E-state index is 12.0. The van der Waals surface area contributed by atoms with Crippen molar-refractivity contribution >= 4 is 34.6 Å². The van der Waals surface area contributed by atoms with Crippen molar-refractivity contribution in [3.63, 3.8) is 0 Å². The van der Waals surface area contributed by atoms with Gasteiger partial charge in [-0.15, -0.1) is 0 Å². The first-order chi connectivity index (χ1) is 11.0. The molecule has 114 valence electrons. The number of carbonyl (C=O) groups is 4. The molecule has 0 aromatic heterocycles. The zero-order chi connectivity index (χ0) is 16.3. The molecule has 2 aromatic carbocycles. The van der Waals surface area contributed by atoms with Crippen molar-refractivity contribution in [1.29, 1.82) is 0 Å². The number of hydrogen-bond acceptors (Lipinski definition) is 6. The fraction of sp³-hybridized carbons (Fsp3) is 0.176. The first-order valence-electron chi connectivity index (χ1n) is 7.05.